The second-order valence-electron chi connectivity index (χ2n) is 5.71. The van der Waals surface area contributed by atoms with Crippen molar-refractivity contribution in [3.8, 4) is 0 Å². The number of aromatic nitrogens is 2. The predicted molar refractivity (Wildman–Crippen MR) is 85.2 cm³/mol. The minimum atomic E-state index is -0.841. The molecule has 2 heterocycles. The molecule has 2 aromatic rings. The van der Waals surface area contributed by atoms with E-state index >= 15 is 0 Å². The zero-order valence-corrected chi connectivity index (χ0v) is 13.2. The zero-order chi connectivity index (χ0) is 16.9. The maximum Gasteiger partial charge on any atom is 0.410 e. The van der Waals surface area contributed by atoms with Crippen molar-refractivity contribution < 1.29 is 19.4 Å². The minimum Gasteiger partial charge on any atom is -0.481 e. The summed E-state index contributed by atoms with van der Waals surface area (Å²) in [7, 11) is 0. The molecule has 0 atom stereocenters. The first-order valence-corrected chi connectivity index (χ1v) is 7.85. The third-order valence-corrected chi connectivity index (χ3v) is 3.91. The summed E-state index contributed by atoms with van der Waals surface area (Å²) in [5, 5.41) is 13.1. The number of carbonyl (C=O) groups excluding carboxylic acids is 1. The average Bonchev–Trinajstić information content (AvgIpc) is 3.01. The highest BCUT2D eigenvalue weighted by molar-refractivity contribution is 5.68. The quantitative estimate of drug-likeness (QED) is 0.907. The van der Waals surface area contributed by atoms with E-state index in [4.69, 9.17) is 9.84 Å². The van der Waals surface area contributed by atoms with Crippen molar-refractivity contribution in [2.45, 2.75) is 32.5 Å². The molecular weight excluding hydrogens is 310 g/mol. The standard InChI is InChI=1S/C17H19N3O4/c21-16(22)7-6-14-10-15-11-19(8-9-20(15)18-14)17(23)24-12-13-4-2-1-3-5-13/h1-5,10H,6-9,11-12H2,(H,21,22). The van der Waals surface area contributed by atoms with Gasteiger partial charge in [0.05, 0.1) is 30.9 Å². The lowest BCUT2D eigenvalue weighted by Gasteiger charge is -2.26. The van der Waals surface area contributed by atoms with E-state index < -0.39 is 5.97 Å². The summed E-state index contributed by atoms with van der Waals surface area (Å²) < 4.78 is 7.18. The Bertz CT molecular complexity index is 727. The summed E-state index contributed by atoms with van der Waals surface area (Å²) in [6.45, 7) is 1.79. The SMILES string of the molecule is O=C(O)CCc1cc2n(n1)CCN(C(=O)OCc1ccccc1)C2. The number of nitrogens with zero attached hydrogens (tertiary/aromatic N) is 3. The number of aliphatic carboxylic acids is 1. The number of hydrogen-bond acceptors (Lipinski definition) is 4. The van der Waals surface area contributed by atoms with Gasteiger partial charge in [0.15, 0.2) is 0 Å². The summed E-state index contributed by atoms with van der Waals surface area (Å²) in [6, 6.07) is 11.4. The van der Waals surface area contributed by atoms with E-state index in [2.05, 4.69) is 5.10 Å². The van der Waals surface area contributed by atoms with Gasteiger partial charge in [-0.3, -0.25) is 9.48 Å². The van der Waals surface area contributed by atoms with E-state index in [1.165, 1.54) is 0 Å². The molecule has 1 aliphatic rings. The molecule has 1 aromatic heterocycles. The highest BCUT2D eigenvalue weighted by Gasteiger charge is 2.23. The maximum atomic E-state index is 12.2. The third kappa shape index (κ3) is 3.92. The Morgan fingerprint density at radius 3 is 2.75 bits per heavy atom. The van der Waals surface area contributed by atoms with Crippen LogP contribution < -0.4 is 0 Å². The second-order valence-corrected chi connectivity index (χ2v) is 5.71. The summed E-state index contributed by atoms with van der Waals surface area (Å²) in [4.78, 5) is 24.5. The first-order chi connectivity index (χ1) is 11.6. The number of carboxylic acids is 1. The van der Waals surface area contributed by atoms with Crippen LogP contribution in [0.5, 0.6) is 0 Å². The lowest BCUT2D eigenvalue weighted by Crippen LogP contribution is -2.38. The molecule has 0 unspecified atom stereocenters. The monoisotopic (exact) mass is 329 g/mol. The van der Waals surface area contributed by atoms with Gasteiger partial charge in [-0.25, -0.2) is 4.79 Å². The molecule has 0 saturated heterocycles. The zero-order valence-electron chi connectivity index (χ0n) is 13.2. The van der Waals surface area contributed by atoms with Gasteiger partial charge in [-0.1, -0.05) is 30.3 Å². The Hall–Kier alpha value is -2.83. The van der Waals surface area contributed by atoms with Gasteiger partial charge in [-0.05, 0) is 11.6 Å². The van der Waals surface area contributed by atoms with Crippen molar-refractivity contribution in [2.75, 3.05) is 6.54 Å². The second kappa shape index (κ2) is 7.16. The van der Waals surface area contributed by atoms with Crippen LogP contribution in [-0.4, -0.2) is 38.4 Å². The van der Waals surface area contributed by atoms with Gasteiger partial charge in [0.25, 0.3) is 0 Å². The molecular formula is C17H19N3O4. The Kier molecular flexibility index (Phi) is 4.79. The molecule has 0 saturated carbocycles. The van der Waals surface area contributed by atoms with Crippen LogP contribution in [0.25, 0.3) is 0 Å². The van der Waals surface area contributed by atoms with Crippen LogP contribution in [-0.2, 0) is 35.6 Å². The fraction of sp³-hybridized carbons (Fsp3) is 0.353. The first-order valence-electron chi connectivity index (χ1n) is 7.85. The van der Waals surface area contributed by atoms with Crippen LogP contribution in [0.1, 0.15) is 23.4 Å². The van der Waals surface area contributed by atoms with Crippen molar-refractivity contribution in [2.24, 2.45) is 0 Å². The lowest BCUT2D eigenvalue weighted by atomic mass is 10.2. The molecule has 7 heteroatoms. The summed E-state index contributed by atoms with van der Waals surface area (Å²) in [5.74, 6) is -0.841. The number of carboxylic acid groups (broad SMARTS) is 1. The fourth-order valence-corrected chi connectivity index (χ4v) is 2.65. The highest BCUT2D eigenvalue weighted by atomic mass is 16.6. The highest BCUT2D eigenvalue weighted by Crippen LogP contribution is 2.16. The van der Waals surface area contributed by atoms with Crippen molar-refractivity contribution >= 4 is 12.1 Å². The largest absolute Gasteiger partial charge is 0.481 e. The van der Waals surface area contributed by atoms with E-state index in [9.17, 15) is 9.59 Å². The molecule has 0 bridgehead atoms. The first kappa shape index (κ1) is 16.0. The van der Waals surface area contributed by atoms with E-state index in [-0.39, 0.29) is 19.1 Å². The molecule has 3 rings (SSSR count). The molecule has 0 radical (unpaired) electrons. The molecule has 0 spiro atoms. The summed E-state index contributed by atoms with van der Waals surface area (Å²) >= 11 is 0. The molecule has 0 aliphatic carbocycles. The number of benzene rings is 1. The summed E-state index contributed by atoms with van der Waals surface area (Å²) in [6.07, 6.45) is 0.103. The van der Waals surface area contributed by atoms with Gasteiger partial charge in [0.2, 0.25) is 0 Å². The van der Waals surface area contributed by atoms with Gasteiger partial charge in [-0.15, -0.1) is 0 Å². The van der Waals surface area contributed by atoms with Crippen LogP contribution >= 0.6 is 0 Å². The van der Waals surface area contributed by atoms with Crippen molar-refractivity contribution in [1.29, 1.82) is 0 Å². The predicted octanol–water partition coefficient (Wildman–Crippen LogP) is 2.05. The maximum absolute atomic E-state index is 12.2. The number of hydrogen-bond donors (Lipinski definition) is 1. The summed E-state index contributed by atoms with van der Waals surface area (Å²) in [5.41, 5.74) is 2.59. The number of amides is 1. The Morgan fingerprint density at radius 2 is 2.00 bits per heavy atom. The average molecular weight is 329 g/mol. The Balaban J connectivity index is 1.56. The van der Waals surface area contributed by atoms with Gasteiger partial charge >= 0.3 is 12.1 Å². The normalized spacial score (nSPS) is 13.4. The third-order valence-electron chi connectivity index (χ3n) is 3.91. The Labute approximate surface area is 139 Å². The van der Waals surface area contributed by atoms with Gasteiger partial charge in [0.1, 0.15) is 6.61 Å². The number of fused-ring (bicyclic) bond motifs is 1. The van der Waals surface area contributed by atoms with Crippen molar-refractivity contribution in [3.05, 3.63) is 53.3 Å². The molecule has 0 fully saturated rings. The van der Waals surface area contributed by atoms with E-state index in [1.54, 1.807) is 4.90 Å². The van der Waals surface area contributed by atoms with Crippen LogP contribution in [0.3, 0.4) is 0 Å². The topological polar surface area (TPSA) is 84.7 Å². The number of rotatable bonds is 5. The Morgan fingerprint density at radius 1 is 1.21 bits per heavy atom. The molecule has 1 aliphatic heterocycles. The number of carbonyl (C=O) groups is 2. The van der Waals surface area contributed by atoms with Gasteiger partial charge < -0.3 is 14.7 Å². The van der Waals surface area contributed by atoms with E-state index in [1.807, 2.05) is 41.1 Å². The molecule has 1 amide bonds. The van der Waals surface area contributed by atoms with Gasteiger partial charge in [0, 0.05) is 13.0 Å². The minimum absolute atomic E-state index is 0.0548. The van der Waals surface area contributed by atoms with E-state index in [0.717, 1.165) is 17.0 Å². The number of aryl methyl sites for hydroxylation is 1. The van der Waals surface area contributed by atoms with Crippen molar-refractivity contribution in [1.82, 2.24) is 14.7 Å². The molecule has 1 aromatic carbocycles. The molecule has 24 heavy (non-hydrogen) atoms. The van der Waals surface area contributed by atoms with Crippen LogP contribution in [0.4, 0.5) is 4.79 Å². The van der Waals surface area contributed by atoms with Gasteiger partial charge in [-0.2, -0.15) is 5.10 Å². The molecule has 1 N–H and O–H groups in total. The van der Waals surface area contributed by atoms with Crippen LogP contribution in [0.2, 0.25) is 0 Å². The fourth-order valence-electron chi connectivity index (χ4n) is 2.65. The van der Waals surface area contributed by atoms with E-state index in [0.29, 0.717) is 26.1 Å². The van der Waals surface area contributed by atoms with Crippen molar-refractivity contribution in [3.63, 3.8) is 0 Å². The lowest BCUT2D eigenvalue weighted by molar-refractivity contribution is -0.136. The molecule has 126 valence electrons. The molecule has 7 nitrogen and oxygen atoms in total. The van der Waals surface area contributed by atoms with Crippen LogP contribution in [0.15, 0.2) is 36.4 Å². The number of ether oxygens (including phenoxy) is 1. The van der Waals surface area contributed by atoms with Crippen LogP contribution in [0, 0.1) is 0 Å². The smallest absolute Gasteiger partial charge is 0.410 e.